The molecule has 0 atom stereocenters. The lowest BCUT2D eigenvalue weighted by atomic mass is 10.2. The second-order valence-electron chi connectivity index (χ2n) is 3.84. The molecule has 3 N–H and O–H groups in total. The summed E-state index contributed by atoms with van der Waals surface area (Å²) < 4.78 is 5.12. The maximum Gasteiger partial charge on any atom is 0.194 e. The van der Waals surface area contributed by atoms with Gasteiger partial charge in [-0.15, -0.1) is 0 Å². The fourth-order valence-electron chi connectivity index (χ4n) is 1.55. The Bertz CT molecular complexity index is 720. The number of aromatic hydroxyl groups is 1. The third-order valence-electron chi connectivity index (χ3n) is 2.41. The highest BCUT2D eigenvalue weighted by Crippen LogP contribution is 2.11. The summed E-state index contributed by atoms with van der Waals surface area (Å²) in [7, 11) is 0. The first-order valence-corrected chi connectivity index (χ1v) is 5.69. The van der Waals surface area contributed by atoms with Gasteiger partial charge in [-0.25, -0.2) is 0 Å². The van der Waals surface area contributed by atoms with Gasteiger partial charge >= 0.3 is 0 Å². The maximum atomic E-state index is 11.3. The third kappa shape index (κ3) is 3.35. The standard InChI is InChI=1S/C9H7NO2.C6H6O/c10-9-5-7(11)6-3-1-2-4-8(6)12-9;7-6-4-2-1-3-5-6/h1-5H,10H2;1-5,7H. The van der Waals surface area contributed by atoms with Crippen molar-refractivity contribution in [2.45, 2.75) is 0 Å². The largest absolute Gasteiger partial charge is 0.508 e. The van der Waals surface area contributed by atoms with Gasteiger partial charge in [0.15, 0.2) is 11.3 Å². The van der Waals surface area contributed by atoms with Crippen LogP contribution < -0.4 is 11.2 Å². The minimum Gasteiger partial charge on any atom is -0.508 e. The molecular weight excluding hydrogens is 242 g/mol. The van der Waals surface area contributed by atoms with E-state index in [1.54, 1.807) is 48.5 Å². The summed E-state index contributed by atoms with van der Waals surface area (Å²) >= 11 is 0. The number of nitrogens with two attached hydrogens (primary N) is 1. The number of phenolic OH excluding ortho intramolecular Hbond substituents is 1. The molecule has 0 fully saturated rings. The van der Waals surface area contributed by atoms with Crippen LogP contribution in [0.4, 0.5) is 5.88 Å². The van der Waals surface area contributed by atoms with Gasteiger partial charge in [0.05, 0.1) is 5.39 Å². The molecule has 0 aliphatic heterocycles. The zero-order chi connectivity index (χ0) is 13.7. The van der Waals surface area contributed by atoms with E-state index in [9.17, 15) is 4.79 Å². The second kappa shape index (κ2) is 5.73. The molecule has 1 aromatic heterocycles. The molecule has 0 saturated carbocycles. The van der Waals surface area contributed by atoms with E-state index >= 15 is 0 Å². The molecule has 0 amide bonds. The predicted octanol–water partition coefficient (Wildman–Crippen LogP) is 2.77. The first-order valence-electron chi connectivity index (χ1n) is 5.69. The Morgan fingerprint density at radius 1 is 0.947 bits per heavy atom. The molecule has 0 radical (unpaired) electrons. The zero-order valence-corrected chi connectivity index (χ0v) is 10.1. The molecule has 0 aliphatic carbocycles. The highest BCUT2D eigenvalue weighted by atomic mass is 16.3. The van der Waals surface area contributed by atoms with Crippen molar-refractivity contribution < 1.29 is 9.52 Å². The molecule has 3 rings (SSSR count). The van der Waals surface area contributed by atoms with Gasteiger partial charge in [-0.05, 0) is 24.3 Å². The highest BCUT2D eigenvalue weighted by Gasteiger charge is 1.99. The molecule has 96 valence electrons. The van der Waals surface area contributed by atoms with Crippen molar-refractivity contribution in [2.75, 3.05) is 5.73 Å². The quantitative estimate of drug-likeness (QED) is 0.647. The monoisotopic (exact) mass is 255 g/mol. The van der Waals surface area contributed by atoms with Crippen LogP contribution in [0, 0.1) is 0 Å². The van der Waals surface area contributed by atoms with Crippen LogP contribution in [0.2, 0.25) is 0 Å². The molecule has 0 spiro atoms. The number of benzene rings is 2. The van der Waals surface area contributed by atoms with Crippen LogP contribution in [0.1, 0.15) is 0 Å². The van der Waals surface area contributed by atoms with Gasteiger partial charge < -0.3 is 15.3 Å². The number of hydrogen-bond acceptors (Lipinski definition) is 4. The zero-order valence-electron chi connectivity index (χ0n) is 10.1. The topological polar surface area (TPSA) is 76.5 Å². The lowest BCUT2D eigenvalue weighted by Crippen LogP contribution is -2.01. The smallest absolute Gasteiger partial charge is 0.194 e. The SMILES string of the molecule is Nc1cc(=O)c2ccccc2o1.Oc1ccccc1. The average Bonchev–Trinajstić information content (AvgIpc) is 2.40. The highest BCUT2D eigenvalue weighted by molar-refractivity contribution is 5.76. The van der Waals surface area contributed by atoms with Gasteiger partial charge in [-0.2, -0.15) is 0 Å². The third-order valence-corrected chi connectivity index (χ3v) is 2.41. The van der Waals surface area contributed by atoms with Crippen LogP contribution >= 0.6 is 0 Å². The number of nitrogen functional groups attached to an aromatic ring is 1. The van der Waals surface area contributed by atoms with Gasteiger partial charge in [0.25, 0.3) is 0 Å². The van der Waals surface area contributed by atoms with Crippen molar-refractivity contribution in [3.8, 4) is 5.75 Å². The van der Waals surface area contributed by atoms with E-state index in [1.807, 2.05) is 6.07 Å². The van der Waals surface area contributed by atoms with Crippen molar-refractivity contribution in [2.24, 2.45) is 0 Å². The number of fused-ring (bicyclic) bond motifs is 1. The Labute approximate surface area is 109 Å². The molecule has 2 aromatic carbocycles. The van der Waals surface area contributed by atoms with E-state index in [0.29, 0.717) is 16.7 Å². The molecule has 0 unspecified atom stereocenters. The summed E-state index contributed by atoms with van der Waals surface area (Å²) in [6.45, 7) is 0. The minimum absolute atomic E-state index is 0.102. The summed E-state index contributed by atoms with van der Waals surface area (Å²) in [5, 5.41) is 9.19. The molecule has 1 heterocycles. The van der Waals surface area contributed by atoms with Crippen LogP contribution in [0.15, 0.2) is 69.9 Å². The number of anilines is 1. The summed E-state index contributed by atoms with van der Waals surface area (Å²) in [4.78, 5) is 11.3. The Hall–Kier alpha value is -2.75. The summed E-state index contributed by atoms with van der Waals surface area (Å²) in [6.07, 6.45) is 0. The molecule has 19 heavy (non-hydrogen) atoms. The predicted molar refractivity (Wildman–Crippen MR) is 75.0 cm³/mol. The van der Waals surface area contributed by atoms with E-state index in [4.69, 9.17) is 15.3 Å². The Balaban J connectivity index is 0.000000163. The lowest BCUT2D eigenvalue weighted by molar-refractivity contribution is 0.475. The normalized spacial score (nSPS) is 9.68. The van der Waals surface area contributed by atoms with Crippen molar-refractivity contribution >= 4 is 16.9 Å². The summed E-state index contributed by atoms with van der Waals surface area (Å²) in [5.41, 5.74) is 5.79. The van der Waals surface area contributed by atoms with E-state index in [0.717, 1.165) is 0 Å². The Morgan fingerprint density at radius 2 is 1.58 bits per heavy atom. The fraction of sp³-hybridized carbons (Fsp3) is 0. The lowest BCUT2D eigenvalue weighted by Gasteiger charge is -1.95. The first-order chi connectivity index (χ1) is 9.16. The maximum absolute atomic E-state index is 11.3. The fourth-order valence-corrected chi connectivity index (χ4v) is 1.55. The van der Waals surface area contributed by atoms with E-state index in [-0.39, 0.29) is 11.3 Å². The van der Waals surface area contributed by atoms with Gasteiger partial charge in [0, 0.05) is 6.07 Å². The van der Waals surface area contributed by atoms with Crippen LogP contribution in [0.25, 0.3) is 11.0 Å². The van der Waals surface area contributed by atoms with Crippen LogP contribution in [-0.2, 0) is 0 Å². The molecule has 4 heteroatoms. The summed E-state index contributed by atoms with van der Waals surface area (Å²) in [5.74, 6) is 0.473. The molecule has 4 nitrogen and oxygen atoms in total. The van der Waals surface area contributed by atoms with Crippen molar-refractivity contribution in [3.05, 3.63) is 70.9 Å². The van der Waals surface area contributed by atoms with Gasteiger partial charge in [0.2, 0.25) is 0 Å². The van der Waals surface area contributed by atoms with Crippen LogP contribution in [-0.4, -0.2) is 5.11 Å². The van der Waals surface area contributed by atoms with Crippen molar-refractivity contribution in [1.82, 2.24) is 0 Å². The van der Waals surface area contributed by atoms with Crippen molar-refractivity contribution in [1.29, 1.82) is 0 Å². The molecular formula is C15H13NO3. The van der Waals surface area contributed by atoms with E-state index in [2.05, 4.69) is 0 Å². The van der Waals surface area contributed by atoms with Gasteiger partial charge in [0.1, 0.15) is 11.3 Å². The number of rotatable bonds is 0. The van der Waals surface area contributed by atoms with Gasteiger partial charge in [-0.3, -0.25) is 4.79 Å². The number of para-hydroxylation sites is 2. The van der Waals surface area contributed by atoms with Gasteiger partial charge in [-0.1, -0.05) is 30.3 Å². The van der Waals surface area contributed by atoms with Crippen molar-refractivity contribution in [3.63, 3.8) is 0 Å². The molecule has 3 aromatic rings. The minimum atomic E-state index is -0.102. The average molecular weight is 255 g/mol. The molecule has 0 bridgehead atoms. The number of phenols is 1. The van der Waals surface area contributed by atoms with E-state index < -0.39 is 0 Å². The molecule has 0 saturated heterocycles. The Kier molecular flexibility index (Phi) is 3.83. The number of hydrogen-bond donors (Lipinski definition) is 2. The Morgan fingerprint density at radius 3 is 2.21 bits per heavy atom. The molecule has 0 aliphatic rings. The van der Waals surface area contributed by atoms with Crippen LogP contribution in [0.3, 0.4) is 0 Å². The van der Waals surface area contributed by atoms with E-state index in [1.165, 1.54) is 6.07 Å². The second-order valence-corrected chi connectivity index (χ2v) is 3.84. The van der Waals surface area contributed by atoms with Crippen LogP contribution in [0.5, 0.6) is 5.75 Å². The first kappa shape index (κ1) is 12.7. The summed E-state index contributed by atoms with van der Waals surface area (Å²) in [6, 6.07) is 17.0.